The molecular formula is C22H28N4O3. The van der Waals surface area contributed by atoms with Gasteiger partial charge in [0.2, 0.25) is 17.7 Å². The van der Waals surface area contributed by atoms with E-state index in [0.717, 1.165) is 23.4 Å². The Hall–Kier alpha value is -2.67. The zero-order valence-electron chi connectivity index (χ0n) is 17.2. The molecule has 29 heavy (non-hydrogen) atoms. The Morgan fingerprint density at radius 3 is 2.93 bits per heavy atom. The first kappa shape index (κ1) is 19.6. The van der Waals surface area contributed by atoms with E-state index in [4.69, 9.17) is 4.42 Å². The van der Waals surface area contributed by atoms with Crippen molar-refractivity contribution in [2.75, 3.05) is 25.5 Å². The summed E-state index contributed by atoms with van der Waals surface area (Å²) in [5, 5.41) is 2.87. The smallest absolute Gasteiger partial charge is 0.232 e. The Balaban J connectivity index is 1.33. The molecule has 3 heterocycles. The van der Waals surface area contributed by atoms with E-state index in [9.17, 15) is 9.59 Å². The molecule has 4 rings (SSSR count). The number of para-hydroxylation sites is 1. The fourth-order valence-electron chi connectivity index (χ4n) is 4.12. The van der Waals surface area contributed by atoms with Crippen LogP contribution in [0.3, 0.4) is 0 Å². The SMILES string of the molecule is CC(C)c1cnc(CN(C)C2CCN(C(=O)CC3C(=O)Nc4ccccc43)C2)o1. The van der Waals surface area contributed by atoms with E-state index in [1.165, 1.54) is 0 Å². The molecule has 2 aromatic rings. The number of rotatable bonds is 6. The second kappa shape index (κ2) is 7.99. The highest BCUT2D eigenvalue weighted by Gasteiger charge is 2.35. The highest BCUT2D eigenvalue weighted by Crippen LogP contribution is 2.35. The molecule has 1 N–H and O–H groups in total. The number of carbonyl (C=O) groups excluding carboxylic acids is 2. The van der Waals surface area contributed by atoms with Gasteiger partial charge in [-0.05, 0) is 25.1 Å². The number of nitrogens with one attached hydrogen (secondary N) is 1. The molecule has 1 aromatic carbocycles. The molecule has 2 aliphatic rings. The van der Waals surface area contributed by atoms with Crippen molar-refractivity contribution in [2.45, 2.75) is 51.1 Å². The third-order valence-corrected chi connectivity index (χ3v) is 5.95. The summed E-state index contributed by atoms with van der Waals surface area (Å²) in [4.78, 5) is 33.6. The zero-order valence-corrected chi connectivity index (χ0v) is 17.2. The van der Waals surface area contributed by atoms with Gasteiger partial charge in [0.1, 0.15) is 5.76 Å². The van der Waals surface area contributed by atoms with Crippen LogP contribution < -0.4 is 5.32 Å². The van der Waals surface area contributed by atoms with Gasteiger partial charge in [-0.1, -0.05) is 32.0 Å². The van der Waals surface area contributed by atoms with Crippen LogP contribution in [-0.2, 0) is 16.1 Å². The number of likely N-dealkylation sites (tertiary alicyclic amines) is 1. The van der Waals surface area contributed by atoms with Gasteiger partial charge in [0.25, 0.3) is 0 Å². The van der Waals surface area contributed by atoms with Gasteiger partial charge >= 0.3 is 0 Å². The minimum Gasteiger partial charge on any atom is -0.444 e. The van der Waals surface area contributed by atoms with Gasteiger partial charge in [-0.3, -0.25) is 14.5 Å². The molecule has 0 spiro atoms. The highest BCUT2D eigenvalue weighted by atomic mass is 16.4. The van der Waals surface area contributed by atoms with Crippen molar-refractivity contribution in [3.8, 4) is 0 Å². The van der Waals surface area contributed by atoms with Crippen molar-refractivity contribution >= 4 is 17.5 Å². The molecule has 0 bridgehead atoms. The van der Waals surface area contributed by atoms with Gasteiger partial charge in [-0.15, -0.1) is 0 Å². The summed E-state index contributed by atoms with van der Waals surface area (Å²) in [5.41, 5.74) is 1.74. The lowest BCUT2D eigenvalue weighted by Crippen LogP contribution is -2.37. The van der Waals surface area contributed by atoms with Crippen LogP contribution in [0.2, 0.25) is 0 Å². The average Bonchev–Trinajstić information content (AvgIpc) is 3.41. The predicted octanol–water partition coefficient (Wildman–Crippen LogP) is 2.96. The Morgan fingerprint density at radius 2 is 2.17 bits per heavy atom. The van der Waals surface area contributed by atoms with Crippen molar-refractivity contribution in [1.29, 1.82) is 0 Å². The molecule has 1 aromatic heterocycles. The summed E-state index contributed by atoms with van der Waals surface area (Å²) >= 11 is 0. The molecule has 7 nitrogen and oxygen atoms in total. The van der Waals surface area contributed by atoms with Crippen molar-refractivity contribution in [1.82, 2.24) is 14.8 Å². The minimum atomic E-state index is -0.391. The molecule has 1 fully saturated rings. The van der Waals surface area contributed by atoms with Crippen molar-refractivity contribution in [3.63, 3.8) is 0 Å². The predicted molar refractivity (Wildman–Crippen MR) is 109 cm³/mol. The number of nitrogens with zero attached hydrogens (tertiary/aromatic N) is 3. The molecule has 2 amide bonds. The van der Waals surface area contributed by atoms with E-state index in [-0.39, 0.29) is 24.3 Å². The molecule has 2 aliphatic heterocycles. The van der Waals surface area contributed by atoms with Crippen LogP contribution in [0.25, 0.3) is 0 Å². The number of likely N-dealkylation sites (N-methyl/N-ethyl adjacent to an activating group) is 1. The third-order valence-electron chi connectivity index (χ3n) is 5.95. The number of aromatic nitrogens is 1. The van der Waals surface area contributed by atoms with E-state index in [2.05, 4.69) is 29.0 Å². The normalized spacial score (nSPS) is 21.1. The fourth-order valence-corrected chi connectivity index (χ4v) is 4.12. The number of carbonyl (C=O) groups is 2. The van der Waals surface area contributed by atoms with E-state index >= 15 is 0 Å². The molecule has 0 radical (unpaired) electrons. The summed E-state index contributed by atoms with van der Waals surface area (Å²) in [5.74, 6) is 1.48. The third kappa shape index (κ3) is 4.05. The maximum absolute atomic E-state index is 12.9. The van der Waals surface area contributed by atoms with Crippen LogP contribution >= 0.6 is 0 Å². The van der Waals surface area contributed by atoms with Crippen molar-refractivity contribution in [3.05, 3.63) is 47.7 Å². The summed E-state index contributed by atoms with van der Waals surface area (Å²) in [6.07, 6.45) is 2.92. The first-order valence-corrected chi connectivity index (χ1v) is 10.2. The molecule has 154 valence electrons. The molecule has 0 saturated carbocycles. The first-order chi connectivity index (χ1) is 13.9. The number of benzene rings is 1. The van der Waals surface area contributed by atoms with Crippen molar-refractivity contribution < 1.29 is 14.0 Å². The number of fused-ring (bicyclic) bond motifs is 1. The van der Waals surface area contributed by atoms with Crippen LogP contribution in [0, 0.1) is 0 Å². The first-order valence-electron chi connectivity index (χ1n) is 10.2. The number of hydrogen-bond donors (Lipinski definition) is 1. The topological polar surface area (TPSA) is 78.7 Å². The average molecular weight is 396 g/mol. The van der Waals surface area contributed by atoms with Gasteiger partial charge in [0.15, 0.2) is 0 Å². The number of hydrogen-bond acceptors (Lipinski definition) is 5. The van der Waals surface area contributed by atoms with Crippen LogP contribution in [0.15, 0.2) is 34.9 Å². The van der Waals surface area contributed by atoms with Gasteiger partial charge in [-0.25, -0.2) is 4.98 Å². The van der Waals surface area contributed by atoms with E-state index < -0.39 is 5.92 Å². The zero-order chi connectivity index (χ0) is 20.5. The summed E-state index contributed by atoms with van der Waals surface area (Å²) in [7, 11) is 2.04. The van der Waals surface area contributed by atoms with Gasteiger partial charge in [0.05, 0.1) is 18.7 Å². The maximum Gasteiger partial charge on any atom is 0.232 e. The van der Waals surface area contributed by atoms with E-state index in [1.807, 2.05) is 36.2 Å². The minimum absolute atomic E-state index is 0.0379. The van der Waals surface area contributed by atoms with E-state index in [0.29, 0.717) is 31.4 Å². The second-order valence-corrected chi connectivity index (χ2v) is 8.34. The summed E-state index contributed by atoms with van der Waals surface area (Å²) in [6, 6.07) is 7.87. The Morgan fingerprint density at radius 1 is 1.38 bits per heavy atom. The van der Waals surface area contributed by atoms with Gasteiger partial charge in [-0.2, -0.15) is 0 Å². The Labute approximate surface area is 171 Å². The monoisotopic (exact) mass is 396 g/mol. The Bertz CT molecular complexity index is 907. The van der Waals surface area contributed by atoms with Crippen LogP contribution in [0.4, 0.5) is 5.69 Å². The lowest BCUT2D eigenvalue weighted by Gasteiger charge is -2.23. The summed E-state index contributed by atoms with van der Waals surface area (Å²) in [6.45, 7) is 6.17. The maximum atomic E-state index is 12.9. The molecule has 7 heteroatoms. The lowest BCUT2D eigenvalue weighted by atomic mass is 9.97. The molecule has 2 atom stereocenters. The number of amides is 2. The van der Waals surface area contributed by atoms with Crippen LogP contribution in [0.5, 0.6) is 0 Å². The quantitative estimate of drug-likeness (QED) is 0.812. The largest absolute Gasteiger partial charge is 0.444 e. The second-order valence-electron chi connectivity index (χ2n) is 8.34. The molecular weight excluding hydrogens is 368 g/mol. The molecule has 0 aliphatic carbocycles. The van der Waals surface area contributed by atoms with E-state index in [1.54, 1.807) is 6.20 Å². The molecule has 1 saturated heterocycles. The van der Waals surface area contributed by atoms with Gasteiger partial charge < -0.3 is 14.6 Å². The van der Waals surface area contributed by atoms with Gasteiger partial charge in [0, 0.05) is 37.2 Å². The standard InChI is InChI=1S/C22H28N4O3/c1-14(2)19-11-23-20(29-19)13-25(3)15-8-9-26(12-15)21(27)10-17-16-6-4-5-7-18(16)24-22(17)28/h4-7,11,14-15,17H,8-10,12-13H2,1-3H3,(H,24,28). The molecule has 2 unspecified atom stereocenters. The number of anilines is 1. The van der Waals surface area contributed by atoms with Crippen LogP contribution in [0.1, 0.15) is 55.7 Å². The summed E-state index contributed by atoms with van der Waals surface area (Å²) < 4.78 is 5.81. The highest BCUT2D eigenvalue weighted by molar-refractivity contribution is 6.04. The fraction of sp³-hybridized carbons (Fsp3) is 0.500. The Kier molecular flexibility index (Phi) is 5.41. The van der Waals surface area contributed by atoms with Crippen molar-refractivity contribution in [2.24, 2.45) is 0 Å². The number of oxazole rings is 1. The van der Waals surface area contributed by atoms with Crippen LogP contribution in [-0.4, -0.2) is 52.8 Å². The lowest BCUT2D eigenvalue weighted by molar-refractivity contribution is -0.132.